The molecule has 0 amide bonds. The number of thiophene rings is 1. The summed E-state index contributed by atoms with van der Waals surface area (Å²) in [4.78, 5) is 5.30. The van der Waals surface area contributed by atoms with E-state index in [0.717, 1.165) is 21.5 Å². The third-order valence-electron chi connectivity index (χ3n) is 2.18. The zero-order chi connectivity index (χ0) is 12.3. The first kappa shape index (κ1) is 13.1. The van der Waals surface area contributed by atoms with Crippen LogP contribution in [-0.4, -0.2) is 22.1 Å². The molecule has 92 valence electrons. The van der Waals surface area contributed by atoms with Crippen LogP contribution >= 0.6 is 39.0 Å². The van der Waals surface area contributed by atoms with E-state index < -0.39 is 0 Å². The molecule has 1 atom stereocenters. The lowest BCUT2D eigenvalue weighted by Crippen LogP contribution is -2.11. The molecule has 0 aliphatic carbocycles. The van der Waals surface area contributed by atoms with Gasteiger partial charge < -0.3 is 10.3 Å². The van der Waals surface area contributed by atoms with Crippen molar-refractivity contribution >= 4 is 39.0 Å². The minimum absolute atomic E-state index is 0.174. The van der Waals surface area contributed by atoms with Crippen LogP contribution < -0.4 is 5.73 Å². The molecule has 0 radical (unpaired) electrons. The third kappa shape index (κ3) is 3.31. The van der Waals surface area contributed by atoms with Gasteiger partial charge in [-0.25, -0.2) is 0 Å². The Morgan fingerprint density at radius 3 is 3.12 bits per heavy atom. The molecule has 0 aliphatic rings. The average molecular weight is 334 g/mol. The van der Waals surface area contributed by atoms with E-state index >= 15 is 0 Å². The Balaban J connectivity index is 2.10. The Kier molecular flexibility index (Phi) is 4.61. The van der Waals surface area contributed by atoms with Crippen molar-refractivity contribution in [1.29, 1.82) is 0 Å². The smallest absolute Gasteiger partial charge is 0.243 e. The summed E-state index contributed by atoms with van der Waals surface area (Å²) in [7, 11) is 0. The van der Waals surface area contributed by atoms with Crippen LogP contribution in [0.4, 0.5) is 0 Å². The number of hydrogen-bond donors (Lipinski definition) is 1. The molecule has 7 heteroatoms. The van der Waals surface area contributed by atoms with Crippen molar-refractivity contribution in [3.63, 3.8) is 0 Å². The third-order valence-corrected chi connectivity index (χ3v) is 4.51. The summed E-state index contributed by atoms with van der Waals surface area (Å²) >= 11 is 6.72. The summed E-state index contributed by atoms with van der Waals surface area (Å²) < 4.78 is 6.21. The van der Waals surface area contributed by atoms with Crippen molar-refractivity contribution in [2.75, 3.05) is 12.0 Å². The summed E-state index contributed by atoms with van der Waals surface area (Å²) in [5.74, 6) is 2.11. The first-order chi connectivity index (χ1) is 8.20. The summed E-state index contributed by atoms with van der Waals surface area (Å²) in [6.45, 7) is 0. The quantitative estimate of drug-likeness (QED) is 0.909. The van der Waals surface area contributed by atoms with Gasteiger partial charge in [0.2, 0.25) is 11.7 Å². The highest BCUT2D eigenvalue weighted by Crippen LogP contribution is 2.28. The van der Waals surface area contributed by atoms with Gasteiger partial charge in [-0.3, -0.25) is 0 Å². The topological polar surface area (TPSA) is 64.9 Å². The van der Waals surface area contributed by atoms with Crippen LogP contribution in [-0.2, 0) is 0 Å². The van der Waals surface area contributed by atoms with Crippen LogP contribution in [0.2, 0.25) is 0 Å². The maximum atomic E-state index is 5.96. The van der Waals surface area contributed by atoms with Crippen LogP contribution in [0.1, 0.15) is 18.4 Å². The van der Waals surface area contributed by atoms with E-state index in [2.05, 4.69) is 32.3 Å². The predicted octanol–water partition coefficient (Wildman–Crippen LogP) is 3.31. The molecule has 0 aliphatic heterocycles. The van der Waals surface area contributed by atoms with Crippen molar-refractivity contribution in [2.45, 2.75) is 12.5 Å². The Labute approximate surface area is 116 Å². The Bertz CT molecular complexity index is 485. The molecular weight excluding hydrogens is 322 g/mol. The van der Waals surface area contributed by atoms with E-state index in [9.17, 15) is 0 Å². The molecule has 2 rings (SSSR count). The van der Waals surface area contributed by atoms with Gasteiger partial charge in [-0.05, 0) is 40.4 Å². The van der Waals surface area contributed by atoms with Gasteiger partial charge in [0.05, 0.1) is 10.9 Å². The normalized spacial score (nSPS) is 12.9. The van der Waals surface area contributed by atoms with Gasteiger partial charge in [0, 0.05) is 9.85 Å². The number of thioether (sulfide) groups is 1. The van der Waals surface area contributed by atoms with E-state index in [-0.39, 0.29) is 6.04 Å². The molecule has 0 unspecified atom stereocenters. The van der Waals surface area contributed by atoms with Crippen molar-refractivity contribution in [3.8, 4) is 10.7 Å². The van der Waals surface area contributed by atoms with E-state index in [0.29, 0.717) is 11.7 Å². The van der Waals surface area contributed by atoms with Crippen molar-refractivity contribution in [2.24, 2.45) is 5.73 Å². The monoisotopic (exact) mass is 333 g/mol. The van der Waals surface area contributed by atoms with Crippen LogP contribution in [0, 0.1) is 0 Å². The first-order valence-corrected chi connectivity index (χ1v) is 8.10. The van der Waals surface area contributed by atoms with Crippen molar-refractivity contribution in [3.05, 3.63) is 21.8 Å². The Morgan fingerprint density at radius 1 is 1.65 bits per heavy atom. The summed E-state index contributed by atoms with van der Waals surface area (Å²) in [5, 5.41) is 5.93. The predicted molar refractivity (Wildman–Crippen MR) is 75.2 cm³/mol. The number of nitrogens with zero attached hydrogens (tertiary/aromatic N) is 2. The van der Waals surface area contributed by atoms with Gasteiger partial charge >= 0.3 is 0 Å². The van der Waals surface area contributed by atoms with E-state index in [1.807, 2.05) is 11.4 Å². The van der Waals surface area contributed by atoms with E-state index in [1.165, 1.54) is 0 Å². The maximum Gasteiger partial charge on any atom is 0.243 e. The fourth-order valence-electron chi connectivity index (χ4n) is 1.28. The lowest BCUT2D eigenvalue weighted by Gasteiger charge is -2.03. The van der Waals surface area contributed by atoms with Gasteiger partial charge in [-0.2, -0.15) is 16.7 Å². The van der Waals surface area contributed by atoms with Gasteiger partial charge in [0.1, 0.15) is 0 Å². The second kappa shape index (κ2) is 5.99. The molecule has 2 aromatic rings. The standard InChI is InChI=1S/C10H12BrN3OS2/c1-16-3-2-7(12)10-13-9(14-15-10)8-4-6(11)5-17-8/h4-5,7H,2-3,12H2,1H3/t7-/m1/s1. The number of nitrogens with two attached hydrogens (primary N) is 1. The molecule has 0 saturated carbocycles. The summed E-state index contributed by atoms with van der Waals surface area (Å²) in [6.07, 6.45) is 2.89. The molecule has 0 bridgehead atoms. The molecule has 2 aromatic heterocycles. The highest BCUT2D eigenvalue weighted by atomic mass is 79.9. The first-order valence-electron chi connectivity index (χ1n) is 5.03. The van der Waals surface area contributed by atoms with Gasteiger partial charge in [-0.15, -0.1) is 11.3 Å². The Morgan fingerprint density at radius 2 is 2.47 bits per heavy atom. The average Bonchev–Trinajstić information content (AvgIpc) is 2.93. The molecule has 2 heterocycles. The minimum atomic E-state index is -0.174. The zero-order valence-electron chi connectivity index (χ0n) is 9.22. The summed E-state index contributed by atoms with van der Waals surface area (Å²) in [5.41, 5.74) is 5.96. The lowest BCUT2D eigenvalue weighted by molar-refractivity contribution is 0.353. The molecule has 4 nitrogen and oxygen atoms in total. The second-order valence-electron chi connectivity index (χ2n) is 3.47. The van der Waals surface area contributed by atoms with Gasteiger partial charge in [0.25, 0.3) is 0 Å². The fourth-order valence-corrected chi connectivity index (χ4v) is 3.13. The lowest BCUT2D eigenvalue weighted by atomic mass is 10.2. The van der Waals surface area contributed by atoms with Crippen LogP contribution in [0.3, 0.4) is 0 Å². The largest absolute Gasteiger partial charge is 0.337 e. The molecular formula is C10H12BrN3OS2. The Hall–Kier alpha value is -0.370. The van der Waals surface area contributed by atoms with Gasteiger partial charge in [-0.1, -0.05) is 5.16 Å². The molecule has 0 fully saturated rings. The van der Waals surface area contributed by atoms with Crippen molar-refractivity contribution < 1.29 is 4.52 Å². The van der Waals surface area contributed by atoms with Crippen molar-refractivity contribution in [1.82, 2.24) is 10.1 Å². The zero-order valence-corrected chi connectivity index (χ0v) is 12.4. The fraction of sp³-hybridized carbons (Fsp3) is 0.400. The molecule has 0 aromatic carbocycles. The highest BCUT2D eigenvalue weighted by molar-refractivity contribution is 9.10. The van der Waals surface area contributed by atoms with Crippen LogP contribution in [0.15, 0.2) is 20.4 Å². The maximum absolute atomic E-state index is 5.96. The SMILES string of the molecule is CSCC[C@@H](N)c1nc(-c2cc(Br)cs2)no1. The minimum Gasteiger partial charge on any atom is -0.337 e. The molecule has 0 saturated heterocycles. The summed E-state index contributed by atoms with van der Waals surface area (Å²) in [6, 6.07) is 1.79. The molecule has 2 N–H and O–H groups in total. The molecule has 17 heavy (non-hydrogen) atoms. The number of hydrogen-bond acceptors (Lipinski definition) is 6. The van der Waals surface area contributed by atoms with E-state index in [4.69, 9.17) is 10.3 Å². The number of rotatable bonds is 5. The van der Waals surface area contributed by atoms with E-state index in [1.54, 1.807) is 23.1 Å². The second-order valence-corrected chi connectivity index (χ2v) is 6.29. The van der Waals surface area contributed by atoms with Gasteiger partial charge in [0.15, 0.2) is 0 Å². The molecule has 0 spiro atoms. The number of halogens is 1. The highest BCUT2D eigenvalue weighted by Gasteiger charge is 2.16. The van der Waals surface area contributed by atoms with Crippen LogP contribution in [0.5, 0.6) is 0 Å². The van der Waals surface area contributed by atoms with Crippen LogP contribution in [0.25, 0.3) is 10.7 Å². The number of aromatic nitrogens is 2.